The van der Waals surface area contributed by atoms with Crippen molar-refractivity contribution in [3.05, 3.63) is 54.6 Å². The number of nitrogens with zero attached hydrogens (tertiary/aromatic N) is 2. The lowest BCUT2D eigenvalue weighted by Gasteiger charge is -2.19. The summed E-state index contributed by atoms with van der Waals surface area (Å²) < 4.78 is 13.7. The minimum absolute atomic E-state index is 0.00194. The molecule has 1 unspecified atom stereocenters. The highest BCUT2D eigenvalue weighted by molar-refractivity contribution is 7.98. The van der Waals surface area contributed by atoms with E-state index in [-0.39, 0.29) is 6.67 Å². The van der Waals surface area contributed by atoms with Gasteiger partial charge in [0.2, 0.25) is 0 Å². The third-order valence-corrected chi connectivity index (χ3v) is 4.08. The number of hydrogen-bond acceptors (Lipinski definition) is 4. The zero-order valence-corrected chi connectivity index (χ0v) is 12.0. The zero-order chi connectivity index (χ0) is 13.9. The van der Waals surface area contributed by atoms with E-state index >= 15 is 0 Å². The van der Waals surface area contributed by atoms with Crippen LogP contribution in [-0.4, -0.2) is 21.1 Å². The average Bonchev–Trinajstić information content (AvgIpc) is 2.78. The minimum atomic E-state index is -0.580. The van der Waals surface area contributed by atoms with E-state index < -0.39 is 4.83 Å². The largest absolute Gasteiger partial charge is 0.402 e. The van der Waals surface area contributed by atoms with E-state index in [1.165, 1.54) is 5.06 Å². The molecule has 0 radical (unpaired) electrons. The van der Waals surface area contributed by atoms with Crippen LogP contribution in [0.25, 0.3) is 11.1 Å². The van der Waals surface area contributed by atoms with Crippen LogP contribution in [-0.2, 0) is 0 Å². The molecule has 0 aromatic heterocycles. The molecule has 3 nitrogen and oxygen atoms in total. The smallest absolute Gasteiger partial charge is 0.183 e. The maximum atomic E-state index is 13.1. The van der Waals surface area contributed by atoms with Crippen LogP contribution < -0.4 is 4.84 Å². The molecule has 1 heterocycles. The number of halogens is 2. The Balaban J connectivity index is 1.87. The molecule has 0 spiro atoms. The second-order valence-corrected chi connectivity index (χ2v) is 5.95. The second kappa shape index (κ2) is 6.01. The van der Waals surface area contributed by atoms with E-state index in [1.54, 1.807) is 0 Å². The fourth-order valence-corrected chi connectivity index (χ4v) is 2.90. The summed E-state index contributed by atoms with van der Waals surface area (Å²) >= 11 is 6.89. The van der Waals surface area contributed by atoms with Gasteiger partial charge < -0.3 is 4.84 Å². The summed E-state index contributed by atoms with van der Waals surface area (Å²) in [6.07, 6.45) is 0. The molecule has 104 valence electrons. The Kier molecular flexibility index (Phi) is 4.12. The van der Waals surface area contributed by atoms with E-state index in [2.05, 4.69) is 0 Å². The molecule has 1 aliphatic rings. The quantitative estimate of drug-likeness (QED) is 0.364. The number of alkyl halides is 1. The van der Waals surface area contributed by atoms with Gasteiger partial charge in [-0.3, -0.25) is 0 Å². The normalized spacial score (nSPS) is 20.2. The Hall–Kier alpha value is -1.27. The summed E-state index contributed by atoms with van der Waals surface area (Å²) in [7, 11) is 0. The highest BCUT2D eigenvalue weighted by Crippen LogP contribution is 2.36. The summed E-state index contributed by atoms with van der Waals surface area (Å²) in [5.74, 6) is 0.653. The Labute approximate surface area is 125 Å². The molecule has 6 heteroatoms. The van der Waals surface area contributed by atoms with Gasteiger partial charge in [0.1, 0.15) is 6.67 Å². The first kappa shape index (κ1) is 13.7. The predicted molar refractivity (Wildman–Crippen MR) is 79.4 cm³/mol. The summed E-state index contributed by atoms with van der Waals surface area (Å²) in [6, 6.07) is 17.5. The average molecular weight is 311 g/mol. The fourth-order valence-electron chi connectivity index (χ4n) is 1.95. The molecule has 0 aliphatic carbocycles. The lowest BCUT2D eigenvalue weighted by atomic mass is 10.1. The molecule has 0 amide bonds. The van der Waals surface area contributed by atoms with Gasteiger partial charge in [0.15, 0.2) is 10.6 Å². The molecule has 2 aromatic carbocycles. The highest BCUT2D eigenvalue weighted by Gasteiger charge is 2.32. The van der Waals surface area contributed by atoms with E-state index in [9.17, 15) is 4.48 Å². The molecule has 0 bridgehead atoms. The zero-order valence-electron chi connectivity index (χ0n) is 10.4. The summed E-state index contributed by atoms with van der Waals surface area (Å²) in [4.78, 5) is 5.16. The SMILES string of the molecule is FN1CN(Oc2ccccc2-c2ccccc2)C(Cl)S1. The maximum Gasteiger partial charge on any atom is 0.183 e. The monoisotopic (exact) mass is 310 g/mol. The first-order chi connectivity index (χ1) is 9.74. The predicted octanol–water partition coefficient (Wildman–Crippen LogP) is 4.28. The van der Waals surface area contributed by atoms with Crippen LogP contribution in [0.1, 0.15) is 0 Å². The van der Waals surface area contributed by atoms with Gasteiger partial charge in [0.25, 0.3) is 0 Å². The third kappa shape index (κ3) is 2.91. The highest BCUT2D eigenvalue weighted by atomic mass is 35.5. The van der Waals surface area contributed by atoms with Crippen LogP contribution in [0.4, 0.5) is 4.48 Å². The molecule has 2 aromatic rings. The molecule has 1 aliphatic heterocycles. The Morgan fingerprint density at radius 2 is 1.80 bits per heavy atom. The minimum Gasteiger partial charge on any atom is -0.402 e. The molecule has 0 N–H and O–H groups in total. The van der Waals surface area contributed by atoms with Crippen molar-refractivity contribution < 1.29 is 9.32 Å². The van der Waals surface area contributed by atoms with Crippen molar-refractivity contribution in [2.24, 2.45) is 0 Å². The van der Waals surface area contributed by atoms with Crippen LogP contribution in [0.3, 0.4) is 0 Å². The first-order valence-electron chi connectivity index (χ1n) is 6.07. The van der Waals surface area contributed by atoms with Crippen LogP contribution in [0, 0.1) is 0 Å². The van der Waals surface area contributed by atoms with Gasteiger partial charge in [-0.05, 0) is 23.6 Å². The van der Waals surface area contributed by atoms with Crippen LogP contribution in [0.5, 0.6) is 5.75 Å². The topological polar surface area (TPSA) is 15.7 Å². The first-order valence-corrected chi connectivity index (χ1v) is 7.34. The number of para-hydroxylation sites is 1. The standard InChI is InChI=1S/C14H12ClFN2OS/c15-14-17(10-18(16)20-14)19-13-9-5-4-8-12(13)11-6-2-1-3-7-11/h1-9,14H,10H2. The van der Waals surface area contributed by atoms with E-state index in [0.717, 1.165) is 23.1 Å². The molecule has 20 heavy (non-hydrogen) atoms. The van der Waals surface area contributed by atoms with Crippen molar-refractivity contribution in [1.29, 1.82) is 0 Å². The molecule has 1 saturated heterocycles. The molecule has 0 saturated carbocycles. The van der Waals surface area contributed by atoms with Crippen molar-refractivity contribution in [3.63, 3.8) is 0 Å². The number of rotatable bonds is 3. The van der Waals surface area contributed by atoms with Crippen LogP contribution in [0.15, 0.2) is 54.6 Å². The van der Waals surface area contributed by atoms with Crippen LogP contribution in [0.2, 0.25) is 0 Å². The summed E-state index contributed by atoms with van der Waals surface area (Å²) in [5, 5.41) is 1.40. The molecular weight excluding hydrogens is 299 g/mol. The number of hydrogen-bond donors (Lipinski definition) is 0. The number of hydroxylamine groups is 2. The van der Waals surface area contributed by atoms with Gasteiger partial charge in [-0.15, -0.1) is 4.48 Å². The van der Waals surface area contributed by atoms with Gasteiger partial charge in [0, 0.05) is 5.56 Å². The Morgan fingerprint density at radius 3 is 2.50 bits per heavy atom. The third-order valence-electron chi connectivity index (χ3n) is 2.87. The van der Waals surface area contributed by atoms with Crippen molar-refractivity contribution in [1.82, 2.24) is 9.59 Å². The molecule has 1 atom stereocenters. The Bertz CT molecular complexity index is 586. The molecule has 3 rings (SSSR count). The van der Waals surface area contributed by atoms with Gasteiger partial charge in [-0.2, -0.15) is 0 Å². The number of benzene rings is 2. The van der Waals surface area contributed by atoms with E-state index in [4.69, 9.17) is 16.4 Å². The summed E-state index contributed by atoms with van der Waals surface area (Å²) in [5.41, 5.74) is 1.98. The lowest BCUT2D eigenvalue weighted by molar-refractivity contribution is -0.0816. The van der Waals surface area contributed by atoms with E-state index in [1.807, 2.05) is 54.6 Å². The van der Waals surface area contributed by atoms with E-state index in [0.29, 0.717) is 10.3 Å². The van der Waals surface area contributed by atoms with Gasteiger partial charge in [-0.1, -0.05) is 69.7 Å². The van der Waals surface area contributed by atoms with Crippen molar-refractivity contribution in [2.75, 3.05) is 6.67 Å². The van der Waals surface area contributed by atoms with Crippen LogP contribution >= 0.6 is 23.5 Å². The summed E-state index contributed by atoms with van der Waals surface area (Å²) in [6.45, 7) is 0.00194. The molecular formula is C14H12ClFN2OS. The molecule has 1 fully saturated rings. The fraction of sp³-hybridized carbons (Fsp3) is 0.143. The van der Waals surface area contributed by atoms with Gasteiger partial charge in [-0.25, -0.2) is 0 Å². The Morgan fingerprint density at radius 1 is 1.10 bits per heavy atom. The van der Waals surface area contributed by atoms with Gasteiger partial charge >= 0.3 is 0 Å². The second-order valence-electron chi connectivity index (χ2n) is 4.23. The van der Waals surface area contributed by atoms with Gasteiger partial charge in [0.05, 0.1) is 0 Å². The lowest BCUT2D eigenvalue weighted by Crippen LogP contribution is -2.29. The van der Waals surface area contributed by atoms with Crippen molar-refractivity contribution in [2.45, 2.75) is 4.83 Å². The maximum absolute atomic E-state index is 13.1. The van der Waals surface area contributed by atoms with Crippen molar-refractivity contribution in [3.8, 4) is 16.9 Å². The van der Waals surface area contributed by atoms with Crippen molar-refractivity contribution >= 4 is 23.5 Å².